The largest absolute Gasteiger partial charge is 0.378 e. The molecule has 0 spiro atoms. The van der Waals surface area contributed by atoms with Gasteiger partial charge >= 0.3 is 0 Å². The molecule has 0 saturated heterocycles. The molecule has 102 valence electrons. The topological polar surface area (TPSA) is 53.6 Å². The van der Waals surface area contributed by atoms with Crippen LogP contribution in [-0.4, -0.2) is 15.0 Å². The predicted octanol–water partition coefficient (Wildman–Crippen LogP) is 3.72. The second-order valence-corrected chi connectivity index (χ2v) is 4.96. The molecule has 0 saturated carbocycles. The van der Waals surface area contributed by atoms with Crippen molar-refractivity contribution in [2.45, 2.75) is 39.7 Å². The first-order chi connectivity index (χ1) is 9.19. The van der Waals surface area contributed by atoms with Gasteiger partial charge in [-0.05, 0) is 25.5 Å². The minimum absolute atomic E-state index is 0.554. The Labute approximate surface area is 118 Å². The Hall–Kier alpha value is -1.55. The number of unbranched alkanes of at least 4 members (excludes halogenated alkanes) is 1. The van der Waals surface area contributed by atoms with Crippen molar-refractivity contribution in [1.82, 2.24) is 15.0 Å². The molecule has 2 aromatic rings. The van der Waals surface area contributed by atoms with Gasteiger partial charge in [-0.3, -0.25) is 4.98 Å². The number of rotatable bonds is 6. The molecule has 0 fully saturated rings. The second kappa shape index (κ2) is 6.57. The third kappa shape index (κ3) is 3.96. The molecule has 19 heavy (non-hydrogen) atoms. The fraction of sp³-hybridized carbons (Fsp3) is 0.429. The van der Waals surface area contributed by atoms with E-state index >= 15 is 0 Å². The van der Waals surface area contributed by atoms with E-state index in [1.165, 1.54) is 0 Å². The van der Waals surface area contributed by atoms with Crippen molar-refractivity contribution in [2.24, 2.45) is 0 Å². The lowest BCUT2D eigenvalue weighted by atomic mass is 10.2. The first-order valence-electron chi connectivity index (χ1n) is 6.59. The molecule has 2 rings (SSSR count). The third-order valence-corrected chi connectivity index (χ3v) is 3.24. The molecule has 0 aromatic carbocycles. The number of hydrogen-bond acceptors (Lipinski definition) is 3. The lowest BCUT2D eigenvalue weighted by molar-refractivity contribution is 0.760. The molecule has 0 aliphatic heterocycles. The zero-order chi connectivity index (χ0) is 13.7. The van der Waals surface area contributed by atoms with Crippen LogP contribution in [0.2, 0.25) is 5.15 Å². The fourth-order valence-electron chi connectivity index (χ4n) is 1.78. The van der Waals surface area contributed by atoms with Crippen molar-refractivity contribution in [1.29, 1.82) is 0 Å². The number of aromatic nitrogens is 3. The maximum atomic E-state index is 6.12. The van der Waals surface area contributed by atoms with Gasteiger partial charge in [0.05, 0.1) is 24.1 Å². The number of aromatic amines is 1. The molecule has 2 aromatic heterocycles. The van der Waals surface area contributed by atoms with E-state index < -0.39 is 0 Å². The van der Waals surface area contributed by atoms with E-state index in [0.29, 0.717) is 11.7 Å². The quantitative estimate of drug-likeness (QED) is 0.847. The monoisotopic (exact) mass is 278 g/mol. The lowest BCUT2D eigenvalue weighted by Gasteiger charge is -2.04. The van der Waals surface area contributed by atoms with Crippen LogP contribution in [0, 0.1) is 6.92 Å². The van der Waals surface area contributed by atoms with Gasteiger partial charge in [0.1, 0.15) is 5.82 Å². The van der Waals surface area contributed by atoms with E-state index in [4.69, 9.17) is 11.6 Å². The summed E-state index contributed by atoms with van der Waals surface area (Å²) in [6.45, 7) is 4.76. The van der Waals surface area contributed by atoms with Crippen molar-refractivity contribution >= 4 is 17.3 Å². The maximum absolute atomic E-state index is 6.12. The summed E-state index contributed by atoms with van der Waals surface area (Å²) in [4.78, 5) is 11.8. The lowest BCUT2D eigenvalue weighted by Crippen LogP contribution is -2.01. The Morgan fingerprint density at radius 2 is 2.21 bits per heavy atom. The Balaban J connectivity index is 1.95. The Bertz CT molecular complexity index is 519. The van der Waals surface area contributed by atoms with E-state index in [-0.39, 0.29) is 0 Å². The fourth-order valence-corrected chi connectivity index (χ4v) is 2.00. The second-order valence-electron chi connectivity index (χ2n) is 4.60. The molecule has 0 aliphatic carbocycles. The number of nitrogens with one attached hydrogen (secondary N) is 2. The highest BCUT2D eigenvalue weighted by molar-refractivity contribution is 6.30. The van der Waals surface area contributed by atoms with Gasteiger partial charge in [0.15, 0.2) is 5.15 Å². The Morgan fingerprint density at radius 1 is 1.37 bits per heavy atom. The van der Waals surface area contributed by atoms with Crippen LogP contribution in [0.5, 0.6) is 0 Å². The SMILES string of the molecule is CCCCc1nc(Cl)c(CNc2ccc(C)nc2)[nH]1. The van der Waals surface area contributed by atoms with Crippen molar-refractivity contribution in [3.05, 3.63) is 40.7 Å². The molecule has 0 radical (unpaired) electrons. The van der Waals surface area contributed by atoms with Crippen molar-refractivity contribution in [2.75, 3.05) is 5.32 Å². The number of anilines is 1. The van der Waals surface area contributed by atoms with Gasteiger partial charge in [-0.1, -0.05) is 24.9 Å². The highest BCUT2D eigenvalue weighted by Gasteiger charge is 2.07. The van der Waals surface area contributed by atoms with Crippen LogP contribution in [0.25, 0.3) is 0 Å². The number of halogens is 1. The van der Waals surface area contributed by atoms with Crippen LogP contribution in [-0.2, 0) is 13.0 Å². The minimum Gasteiger partial charge on any atom is -0.378 e. The number of aryl methyl sites for hydroxylation is 2. The van der Waals surface area contributed by atoms with Crippen LogP contribution >= 0.6 is 11.6 Å². The van der Waals surface area contributed by atoms with Crippen LogP contribution in [0.15, 0.2) is 18.3 Å². The van der Waals surface area contributed by atoms with Crippen LogP contribution in [0.4, 0.5) is 5.69 Å². The summed E-state index contributed by atoms with van der Waals surface area (Å²) in [5, 5.41) is 3.83. The van der Waals surface area contributed by atoms with Gasteiger partial charge < -0.3 is 10.3 Å². The van der Waals surface area contributed by atoms with Gasteiger partial charge in [-0.15, -0.1) is 0 Å². The first kappa shape index (κ1) is 13.9. The number of H-pyrrole nitrogens is 1. The van der Waals surface area contributed by atoms with Crippen molar-refractivity contribution in [3.8, 4) is 0 Å². The number of imidazole rings is 1. The minimum atomic E-state index is 0.554. The maximum Gasteiger partial charge on any atom is 0.152 e. The summed E-state index contributed by atoms with van der Waals surface area (Å²) in [7, 11) is 0. The number of nitrogens with zero attached hydrogens (tertiary/aromatic N) is 2. The molecule has 0 unspecified atom stereocenters. The van der Waals surface area contributed by atoms with Gasteiger partial charge in [0.2, 0.25) is 0 Å². The zero-order valence-corrected chi connectivity index (χ0v) is 12.1. The van der Waals surface area contributed by atoms with Gasteiger partial charge in [-0.2, -0.15) is 0 Å². The Kier molecular flexibility index (Phi) is 4.80. The molecule has 0 bridgehead atoms. The normalized spacial score (nSPS) is 10.7. The van der Waals surface area contributed by atoms with E-state index in [2.05, 4.69) is 27.2 Å². The summed E-state index contributed by atoms with van der Waals surface area (Å²) >= 11 is 6.12. The average molecular weight is 279 g/mol. The van der Waals surface area contributed by atoms with Gasteiger partial charge in [-0.25, -0.2) is 4.98 Å². The third-order valence-electron chi connectivity index (χ3n) is 2.93. The molecule has 0 aliphatic rings. The van der Waals surface area contributed by atoms with Crippen LogP contribution < -0.4 is 5.32 Å². The highest BCUT2D eigenvalue weighted by Crippen LogP contribution is 2.16. The zero-order valence-electron chi connectivity index (χ0n) is 11.3. The Morgan fingerprint density at radius 3 is 2.89 bits per heavy atom. The van der Waals surface area contributed by atoms with Crippen molar-refractivity contribution in [3.63, 3.8) is 0 Å². The average Bonchev–Trinajstić information content (AvgIpc) is 2.76. The van der Waals surface area contributed by atoms with Crippen LogP contribution in [0.1, 0.15) is 37.0 Å². The smallest absolute Gasteiger partial charge is 0.152 e. The van der Waals surface area contributed by atoms with Crippen molar-refractivity contribution < 1.29 is 0 Å². The highest BCUT2D eigenvalue weighted by atomic mass is 35.5. The summed E-state index contributed by atoms with van der Waals surface area (Å²) in [6.07, 6.45) is 5.04. The van der Waals surface area contributed by atoms with E-state index in [1.54, 1.807) is 0 Å². The summed E-state index contributed by atoms with van der Waals surface area (Å²) < 4.78 is 0. The molecular weight excluding hydrogens is 260 g/mol. The molecular formula is C14H19ClN4. The summed E-state index contributed by atoms with van der Waals surface area (Å²) in [5.41, 5.74) is 2.91. The molecule has 0 amide bonds. The number of pyridine rings is 1. The number of hydrogen-bond donors (Lipinski definition) is 2. The summed E-state index contributed by atoms with van der Waals surface area (Å²) in [5.74, 6) is 0.964. The van der Waals surface area contributed by atoms with Gasteiger partial charge in [0, 0.05) is 12.1 Å². The molecule has 0 atom stereocenters. The van der Waals surface area contributed by atoms with E-state index in [1.807, 2.05) is 25.3 Å². The van der Waals surface area contributed by atoms with Gasteiger partial charge in [0.25, 0.3) is 0 Å². The van der Waals surface area contributed by atoms with E-state index in [9.17, 15) is 0 Å². The molecule has 4 nitrogen and oxygen atoms in total. The predicted molar refractivity (Wildman–Crippen MR) is 78.5 cm³/mol. The molecule has 2 heterocycles. The van der Waals surface area contributed by atoms with E-state index in [0.717, 1.165) is 42.2 Å². The van der Waals surface area contributed by atoms with Crippen LogP contribution in [0.3, 0.4) is 0 Å². The molecule has 5 heteroatoms. The summed E-state index contributed by atoms with van der Waals surface area (Å²) in [6, 6.07) is 3.98. The first-order valence-corrected chi connectivity index (χ1v) is 6.96. The standard InChI is InChI=1S/C14H19ClN4/c1-3-4-5-13-18-12(14(15)19-13)9-17-11-7-6-10(2)16-8-11/h6-8,17H,3-5,9H2,1-2H3,(H,18,19). The molecule has 2 N–H and O–H groups in total.